The van der Waals surface area contributed by atoms with Crippen molar-refractivity contribution in [3.05, 3.63) is 76.8 Å². The van der Waals surface area contributed by atoms with Gasteiger partial charge in [-0.05, 0) is 59.7 Å². The van der Waals surface area contributed by atoms with E-state index in [1.165, 1.54) is 0 Å². The Morgan fingerprint density at radius 1 is 0.844 bits per heavy atom. The Morgan fingerprint density at radius 3 is 2.25 bits per heavy atom. The lowest BCUT2D eigenvalue weighted by atomic mass is 9.89. The molecule has 0 N–H and O–H groups in total. The average Bonchev–Trinajstić information content (AvgIpc) is 3.47. The standard InChI is InChI=1S/C24H18ClNO6/c25-16-3-5-17(6-4-16)32-23-22(15-2-8-19-21(10-15)31-13-29-19)26(24(23)27)11-14-1-7-18-20(9-14)30-12-28-18/h1-10,22-23H,11-13H2/t22-,23+/m0/s1. The highest BCUT2D eigenvalue weighted by molar-refractivity contribution is 6.30. The zero-order valence-corrected chi connectivity index (χ0v) is 17.6. The lowest BCUT2D eigenvalue weighted by molar-refractivity contribution is -0.165. The average molecular weight is 452 g/mol. The van der Waals surface area contributed by atoms with E-state index in [1.54, 1.807) is 29.2 Å². The van der Waals surface area contributed by atoms with E-state index < -0.39 is 6.10 Å². The summed E-state index contributed by atoms with van der Waals surface area (Å²) in [6.45, 7) is 0.807. The topological polar surface area (TPSA) is 66.5 Å². The maximum absolute atomic E-state index is 13.2. The summed E-state index contributed by atoms with van der Waals surface area (Å²) in [5, 5.41) is 0.606. The van der Waals surface area contributed by atoms with E-state index in [1.807, 2.05) is 36.4 Å². The maximum atomic E-state index is 13.2. The van der Waals surface area contributed by atoms with Gasteiger partial charge in [0.15, 0.2) is 23.0 Å². The van der Waals surface area contributed by atoms with Crippen molar-refractivity contribution in [2.24, 2.45) is 0 Å². The van der Waals surface area contributed by atoms with Crippen LogP contribution in [0.2, 0.25) is 5.02 Å². The molecule has 3 aromatic carbocycles. The number of carbonyl (C=O) groups is 1. The van der Waals surface area contributed by atoms with Crippen LogP contribution in [0.3, 0.4) is 0 Å². The van der Waals surface area contributed by atoms with E-state index in [9.17, 15) is 4.79 Å². The van der Waals surface area contributed by atoms with Crippen molar-refractivity contribution in [1.29, 1.82) is 0 Å². The van der Waals surface area contributed by atoms with Gasteiger partial charge in [0.05, 0.1) is 0 Å². The van der Waals surface area contributed by atoms with Crippen LogP contribution in [-0.2, 0) is 11.3 Å². The predicted octanol–water partition coefficient (Wildman–Crippen LogP) is 4.33. The lowest BCUT2D eigenvalue weighted by Gasteiger charge is -2.46. The Kier molecular flexibility index (Phi) is 4.50. The zero-order chi connectivity index (χ0) is 21.7. The van der Waals surface area contributed by atoms with Gasteiger partial charge in [-0.2, -0.15) is 0 Å². The van der Waals surface area contributed by atoms with Crippen LogP contribution in [-0.4, -0.2) is 30.5 Å². The fraction of sp³-hybridized carbons (Fsp3) is 0.208. The van der Waals surface area contributed by atoms with E-state index in [-0.39, 0.29) is 25.5 Å². The fourth-order valence-electron chi connectivity index (χ4n) is 4.16. The highest BCUT2D eigenvalue weighted by Gasteiger charge is 2.50. The van der Waals surface area contributed by atoms with Crippen molar-refractivity contribution in [3.8, 4) is 28.7 Å². The van der Waals surface area contributed by atoms with Gasteiger partial charge in [0.1, 0.15) is 11.8 Å². The number of amides is 1. The van der Waals surface area contributed by atoms with Crippen molar-refractivity contribution >= 4 is 17.5 Å². The quantitative estimate of drug-likeness (QED) is 0.538. The molecule has 1 fully saturated rings. The summed E-state index contributed by atoms with van der Waals surface area (Å²) >= 11 is 5.98. The van der Waals surface area contributed by atoms with Crippen LogP contribution < -0.4 is 23.7 Å². The number of nitrogens with zero attached hydrogens (tertiary/aromatic N) is 1. The summed E-state index contributed by atoms with van der Waals surface area (Å²) in [6, 6.07) is 18.1. The summed E-state index contributed by atoms with van der Waals surface area (Å²) in [5.74, 6) is 3.23. The van der Waals surface area contributed by atoms with Crippen molar-refractivity contribution in [2.45, 2.75) is 18.7 Å². The zero-order valence-electron chi connectivity index (χ0n) is 16.8. The van der Waals surface area contributed by atoms with Gasteiger partial charge < -0.3 is 28.6 Å². The normalized spacial score (nSPS) is 20.3. The number of hydrogen-bond acceptors (Lipinski definition) is 6. The second-order valence-electron chi connectivity index (χ2n) is 7.70. The monoisotopic (exact) mass is 451 g/mol. The van der Waals surface area contributed by atoms with Crippen molar-refractivity contribution < 1.29 is 28.5 Å². The molecule has 3 heterocycles. The Morgan fingerprint density at radius 2 is 1.50 bits per heavy atom. The molecule has 32 heavy (non-hydrogen) atoms. The highest BCUT2D eigenvalue weighted by atomic mass is 35.5. The fourth-order valence-corrected chi connectivity index (χ4v) is 4.28. The van der Waals surface area contributed by atoms with E-state index >= 15 is 0 Å². The molecule has 1 saturated heterocycles. The Hall–Kier alpha value is -3.58. The van der Waals surface area contributed by atoms with Gasteiger partial charge in [-0.15, -0.1) is 0 Å². The Labute approximate surface area is 189 Å². The number of fused-ring (bicyclic) bond motifs is 2. The third kappa shape index (κ3) is 3.26. The number of ether oxygens (including phenoxy) is 5. The Bertz CT molecular complexity index is 1200. The molecule has 0 spiro atoms. The minimum absolute atomic E-state index is 0.0970. The molecular formula is C24H18ClNO6. The van der Waals surface area contributed by atoms with Crippen molar-refractivity contribution in [3.63, 3.8) is 0 Å². The largest absolute Gasteiger partial charge is 0.478 e. The van der Waals surface area contributed by atoms with Gasteiger partial charge in [-0.3, -0.25) is 4.79 Å². The van der Waals surface area contributed by atoms with E-state index in [0.717, 1.165) is 11.1 Å². The molecule has 3 aliphatic heterocycles. The molecule has 0 unspecified atom stereocenters. The summed E-state index contributed by atoms with van der Waals surface area (Å²) in [4.78, 5) is 14.9. The summed E-state index contributed by atoms with van der Waals surface area (Å²) in [6.07, 6.45) is -0.662. The van der Waals surface area contributed by atoms with Gasteiger partial charge in [-0.25, -0.2) is 0 Å². The molecule has 6 rings (SSSR count). The van der Waals surface area contributed by atoms with Gasteiger partial charge in [0.2, 0.25) is 19.7 Å². The maximum Gasteiger partial charge on any atom is 0.267 e. The second kappa shape index (κ2) is 7.53. The highest BCUT2D eigenvalue weighted by Crippen LogP contribution is 2.43. The number of likely N-dealkylation sites (tertiary alicyclic amines) is 1. The number of hydrogen-bond donors (Lipinski definition) is 0. The molecule has 0 saturated carbocycles. The molecule has 0 bridgehead atoms. The molecule has 8 heteroatoms. The van der Waals surface area contributed by atoms with Crippen molar-refractivity contribution in [1.82, 2.24) is 4.90 Å². The lowest BCUT2D eigenvalue weighted by Crippen LogP contribution is -2.60. The molecule has 1 amide bonds. The SMILES string of the molecule is O=C1[C@H](Oc2ccc(Cl)cc2)[C@H](c2ccc3c(c2)OCO3)N1Cc1ccc2c(c1)OCO2. The molecule has 3 aromatic rings. The minimum atomic E-state index is -0.662. The summed E-state index contributed by atoms with van der Waals surface area (Å²) in [5.41, 5.74) is 1.85. The molecule has 162 valence electrons. The van der Waals surface area contributed by atoms with Crippen LogP contribution in [0.4, 0.5) is 0 Å². The summed E-state index contributed by atoms with van der Waals surface area (Å²) in [7, 11) is 0. The molecule has 0 aromatic heterocycles. The molecule has 0 radical (unpaired) electrons. The first-order valence-electron chi connectivity index (χ1n) is 10.2. The second-order valence-corrected chi connectivity index (χ2v) is 8.14. The number of β-lactam (4-membered cyclic amide) rings is 1. The molecule has 0 aliphatic carbocycles. The van der Waals surface area contributed by atoms with Crippen molar-refractivity contribution in [2.75, 3.05) is 13.6 Å². The third-order valence-corrected chi connectivity index (χ3v) is 6.01. The van der Waals surface area contributed by atoms with E-state index in [4.69, 9.17) is 35.3 Å². The molecule has 7 nitrogen and oxygen atoms in total. The number of benzene rings is 3. The van der Waals surface area contributed by atoms with Crippen LogP contribution in [0.1, 0.15) is 17.2 Å². The summed E-state index contributed by atoms with van der Waals surface area (Å²) < 4.78 is 27.9. The van der Waals surface area contributed by atoms with Gasteiger partial charge in [0, 0.05) is 11.6 Å². The molecular weight excluding hydrogens is 434 g/mol. The smallest absolute Gasteiger partial charge is 0.267 e. The first-order chi connectivity index (χ1) is 15.7. The van der Waals surface area contributed by atoms with Gasteiger partial charge >= 0.3 is 0 Å². The third-order valence-electron chi connectivity index (χ3n) is 5.75. The van der Waals surface area contributed by atoms with Crippen LogP contribution in [0.15, 0.2) is 60.7 Å². The first kappa shape index (κ1) is 19.1. The number of rotatable bonds is 5. The van der Waals surface area contributed by atoms with Crippen LogP contribution in [0.25, 0.3) is 0 Å². The predicted molar refractivity (Wildman–Crippen MR) is 114 cm³/mol. The first-order valence-corrected chi connectivity index (χ1v) is 10.5. The molecule has 2 atom stereocenters. The van der Waals surface area contributed by atoms with Gasteiger partial charge in [0.25, 0.3) is 5.91 Å². The van der Waals surface area contributed by atoms with Crippen LogP contribution >= 0.6 is 11.6 Å². The Balaban J connectivity index is 1.30. The number of carbonyl (C=O) groups excluding carboxylic acids is 1. The van der Waals surface area contributed by atoms with E-state index in [2.05, 4.69) is 0 Å². The number of halogens is 1. The van der Waals surface area contributed by atoms with Crippen LogP contribution in [0, 0.1) is 0 Å². The van der Waals surface area contributed by atoms with Gasteiger partial charge in [-0.1, -0.05) is 23.7 Å². The van der Waals surface area contributed by atoms with E-state index in [0.29, 0.717) is 40.3 Å². The molecule has 3 aliphatic rings. The van der Waals surface area contributed by atoms with Crippen LogP contribution in [0.5, 0.6) is 28.7 Å². The minimum Gasteiger partial charge on any atom is -0.478 e.